The summed E-state index contributed by atoms with van der Waals surface area (Å²) < 4.78 is 4.64. The summed E-state index contributed by atoms with van der Waals surface area (Å²) in [7, 11) is 1.35. The molecule has 1 aromatic heterocycles. The third-order valence-electron chi connectivity index (χ3n) is 2.30. The molecule has 1 aromatic rings. The van der Waals surface area contributed by atoms with E-state index in [1.165, 1.54) is 7.11 Å². The molecule has 0 saturated carbocycles. The molecule has 5 nitrogen and oxygen atoms in total. The Bertz CT molecular complexity index is 426. The van der Waals surface area contributed by atoms with E-state index in [1.807, 2.05) is 6.92 Å². The van der Waals surface area contributed by atoms with Gasteiger partial charge in [0.05, 0.1) is 24.6 Å². The van der Waals surface area contributed by atoms with E-state index in [0.717, 1.165) is 6.42 Å². The van der Waals surface area contributed by atoms with Crippen LogP contribution in [-0.4, -0.2) is 31.2 Å². The lowest BCUT2D eigenvalue weighted by Gasteiger charge is -2.23. The molecule has 0 aromatic carbocycles. The fourth-order valence-electron chi connectivity index (χ4n) is 1.51. The van der Waals surface area contributed by atoms with Gasteiger partial charge in [0.2, 0.25) is 0 Å². The summed E-state index contributed by atoms with van der Waals surface area (Å²) in [5.41, 5.74) is 1.18. The van der Waals surface area contributed by atoms with Crippen LogP contribution in [0.2, 0.25) is 0 Å². The Hall–Kier alpha value is -2.09. The predicted octanol–water partition coefficient (Wildman–Crippen LogP) is 1.34. The Morgan fingerprint density at radius 3 is 3.00 bits per heavy atom. The molecule has 0 atom stereocenters. The molecule has 5 heteroatoms. The van der Waals surface area contributed by atoms with Crippen LogP contribution in [0.25, 0.3) is 0 Å². The van der Waals surface area contributed by atoms with Crippen molar-refractivity contribution in [2.24, 2.45) is 0 Å². The van der Waals surface area contributed by atoms with Crippen LogP contribution in [0.15, 0.2) is 18.5 Å². The van der Waals surface area contributed by atoms with Gasteiger partial charge in [-0.15, -0.1) is 0 Å². The van der Waals surface area contributed by atoms with Crippen molar-refractivity contribution in [1.82, 2.24) is 4.98 Å². The summed E-state index contributed by atoms with van der Waals surface area (Å²) in [4.78, 5) is 17.1. The minimum atomic E-state index is -0.328. The van der Waals surface area contributed by atoms with E-state index in [0.29, 0.717) is 17.8 Å². The average molecular weight is 233 g/mol. The summed E-state index contributed by atoms with van der Waals surface area (Å²) in [6.45, 7) is 2.81. The van der Waals surface area contributed by atoms with Crippen LogP contribution < -0.4 is 4.90 Å². The highest BCUT2D eigenvalue weighted by molar-refractivity contribution is 5.76. The number of hydrogen-bond donors (Lipinski definition) is 0. The minimum Gasteiger partial charge on any atom is -0.468 e. The van der Waals surface area contributed by atoms with Gasteiger partial charge in [-0.2, -0.15) is 5.26 Å². The second kappa shape index (κ2) is 6.48. The molecule has 0 aliphatic rings. The first kappa shape index (κ1) is 13.0. The summed E-state index contributed by atoms with van der Waals surface area (Å²) >= 11 is 0. The molecule has 0 bridgehead atoms. The van der Waals surface area contributed by atoms with E-state index in [-0.39, 0.29) is 12.5 Å². The lowest BCUT2D eigenvalue weighted by atomic mass is 10.2. The zero-order valence-electron chi connectivity index (χ0n) is 10.0. The van der Waals surface area contributed by atoms with E-state index in [1.54, 1.807) is 23.4 Å². The maximum absolute atomic E-state index is 11.3. The van der Waals surface area contributed by atoms with Crippen molar-refractivity contribution in [2.75, 3.05) is 25.1 Å². The van der Waals surface area contributed by atoms with Gasteiger partial charge in [-0.3, -0.25) is 9.78 Å². The maximum Gasteiger partial charge on any atom is 0.325 e. The highest BCUT2D eigenvalue weighted by Gasteiger charge is 2.14. The van der Waals surface area contributed by atoms with Crippen LogP contribution in [-0.2, 0) is 9.53 Å². The van der Waals surface area contributed by atoms with Crippen LogP contribution in [0.3, 0.4) is 0 Å². The monoisotopic (exact) mass is 233 g/mol. The van der Waals surface area contributed by atoms with Crippen molar-refractivity contribution in [3.63, 3.8) is 0 Å². The maximum atomic E-state index is 11.3. The van der Waals surface area contributed by atoms with Crippen LogP contribution in [0.1, 0.15) is 18.9 Å². The average Bonchev–Trinajstić information content (AvgIpc) is 2.38. The number of nitriles is 1. The van der Waals surface area contributed by atoms with Crippen molar-refractivity contribution in [3.05, 3.63) is 24.0 Å². The van der Waals surface area contributed by atoms with Gasteiger partial charge in [-0.05, 0) is 12.5 Å². The Morgan fingerprint density at radius 1 is 1.65 bits per heavy atom. The molecule has 0 saturated heterocycles. The van der Waals surface area contributed by atoms with Crippen LogP contribution in [0, 0.1) is 11.3 Å². The Morgan fingerprint density at radius 2 is 2.41 bits per heavy atom. The molecule has 17 heavy (non-hydrogen) atoms. The molecule has 0 spiro atoms. The third kappa shape index (κ3) is 3.45. The fraction of sp³-hybridized carbons (Fsp3) is 0.417. The molecule has 0 aliphatic carbocycles. The molecule has 0 aliphatic heterocycles. The molecule has 0 amide bonds. The molecule has 0 fully saturated rings. The van der Waals surface area contributed by atoms with Crippen molar-refractivity contribution in [2.45, 2.75) is 13.3 Å². The van der Waals surface area contributed by atoms with Crippen LogP contribution in [0.5, 0.6) is 0 Å². The van der Waals surface area contributed by atoms with Crippen LogP contribution in [0.4, 0.5) is 5.69 Å². The van der Waals surface area contributed by atoms with E-state index in [4.69, 9.17) is 5.26 Å². The van der Waals surface area contributed by atoms with E-state index in [2.05, 4.69) is 15.8 Å². The number of pyridine rings is 1. The molecule has 1 rings (SSSR count). The largest absolute Gasteiger partial charge is 0.468 e. The molecular formula is C12H15N3O2. The van der Waals surface area contributed by atoms with Crippen molar-refractivity contribution < 1.29 is 9.53 Å². The highest BCUT2D eigenvalue weighted by atomic mass is 16.5. The van der Waals surface area contributed by atoms with Gasteiger partial charge in [0, 0.05) is 12.7 Å². The zero-order chi connectivity index (χ0) is 12.7. The third-order valence-corrected chi connectivity index (χ3v) is 2.30. The molecule has 0 radical (unpaired) electrons. The van der Waals surface area contributed by atoms with Gasteiger partial charge in [0.25, 0.3) is 0 Å². The smallest absolute Gasteiger partial charge is 0.325 e. The van der Waals surface area contributed by atoms with Crippen LogP contribution >= 0.6 is 0 Å². The second-order valence-corrected chi connectivity index (χ2v) is 3.50. The summed E-state index contributed by atoms with van der Waals surface area (Å²) in [5.74, 6) is -0.328. The number of carbonyl (C=O) groups is 1. The van der Waals surface area contributed by atoms with Crippen molar-refractivity contribution >= 4 is 11.7 Å². The van der Waals surface area contributed by atoms with Gasteiger partial charge < -0.3 is 9.64 Å². The summed E-state index contributed by atoms with van der Waals surface area (Å²) in [6, 6.07) is 3.73. The topological polar surface area (TPSA) is 66.2 Å². The van der Waals surface area contributed by atoms with Gasteiger partial charge >= 0.3 is 5.97 Å². The Balaban J connectivity index is 2.97. The minimum absolute atomic E-state index is 0.130. The highest BCUT2D eigenvalue weighted by Crippen LogP contribution is 2.18. The fourth-order valence-corrected chi connectivity index (χ4v) is 1.51. The number of hydrogen-bond acceptors (Lipinski definition) is 5. The first-order valence-corrected chi connectivity index (χ1v) is 5.38. The number of nitrogens with zero attached hydrogens (tertiary/aromatic N) is 3. The number of methoxy groups -OCH3 is 1. The number of ether oxygens (including phenoxy) is 1. The lowest BCUT2D eigenvalue weighted by Crippen LogP contribution is -2.31. The number of esters is 1. The van der Waals surface area contributed by atoms with Gasteiger partial charge in [0.15, 0.2) is 0 Å². The lowest BCUT2D eigenvalue weighted by molar-refractivity contribution is -0.138. The second-order valence-electron chi connectivity index (χ2n) is 3.50. The number of rotatable bonds is 5. The van der Waals surface area contributed by atoms with Gasteiger partial charge in [0.1, 0.15) is 12.6 Å². The number of anilines is 1. The Labute approximate surface area is 101 Å². The SMILES string of the molecule is CCCN(CC(=O)OC)c1cnccc1C#N. The summed E-state index contributed by atoms with van der Waals surface area (Å²) in [6.07, 6.45) is 4.03. The Kier molecular flexibility index (Phi) is 4.95. The molecule has 1 heterocycles. The molecule has 0 unspecified atom stereocenters. The first-order chi connectivity index (χ1) is 8.22. The standard InChI is InChI=1S/C12H15N3O2/c1-3-6-15(9-12(16)17-2)11-8-14-5-4-10(11)7-13/h4-5,8H,3,6,9H2,1-2H3. The number of aromatic nitrogens is 1. The van der Waals surface area contributed by atoms with Crippen molar-refractivity contribution in [3.8, 4) is 6.07 Å². The van der Waals surface area contributed by atoms with Crippen molar-refractivity contribution in [1.29, 1.82) is 5.26 Å². The summed E-state index contributed by atoms with van der Waals surface area (Å²) in [5, 5.41) is 9.01. The van der Waals surface area contributed by atoms with E-state index in [9.17, 15) is 4.79 Å². The first-order valence-electron chi connectivity index (χ1n) is 5.38. The quantitative estimate of drug-likeness (QED) is 0.718. The van der Waals surface area contributed by atoms with E-state index >= 15 is 0 Å². The normalized spacial score (nSPS) is 9.47. The van der Waals surface area contributed by atoms with Gasteiger partial charge in [-0.1, -0.05) is 6.92 Å². The van der Waals surface area contributed by atoms with E-state index < -0.39 is 0 Å². The zero-order valence-corrected chi connectivity index (χ0v) is 10.0. The number of carbonyl (C=O) groups excluding carboxylic acids is 1. The van der Waals surface area contributed by atoms with Gasteiger partial charge in [-0.25, -0.2) is 0 Å². The predicted molar refractivity (Wildman–Crippen MR) is 63.5 cm³/mol. The molecule has 90 valence electrons. The molecule has 0 N–H and O–H groups in total. The molecular weight excluding hydrogens is 218 g/mol.